The molecule has 0 bridgehead atoms. The topological polar surface area (TPSA) is 62.0 Å². The van der Waals surface area contributed by atoms with Crippen LogP contribution in [0.5, 0.6) is 0 Å². The number of benzene rings is 2. The Morgan fingerprint density at radius 1 is 1.14 bits per heavy atom. The zero-order chi connectivity index (χ0) is 20.4. The lowest BCUT2D eigenvalue weighted by Crippen LogP contribution is -2.22. The maximum absolute atomic E-state index is 12.8. The predicted molar refractivity (Wildman–Crippen MR) is 119 cm³/mol. The number of fused-ring (bicyclic) bond motifs is 2. The lowest BCUT2D eigenvalue weighted by Gasteiger charge is -2.29. The molecule has 0 saturated carbocycles. The van der Waals surface area contributed by atoms with Crippen LogP contribution in [0.25, 0.3) is 10.9 Å². The summed E-state index contributed by atoms with van der Waals surface area (Å²) in [6.07, 6.45) is 8.88. The van der Waals surface area contributed by atoms with E-state index in [0.29, 0.717) is 5.39 Å². The molecule has 2 N–H and O–H groups in total. The number of nitrogens with one attached hydrogen (secondary N) is 2. The third-order valence-electron chi connectivity index (χ3n) is 6.15. The second-order valence-electron chi connectivity index (χ2n) is 8.23. The number of para-hydroxylation sites is 1. The van der Waals surface area contributed by atoms with Crippen molar-refractivity contribution in [1.82, 2.24) is 4.98 Å². The molecule has 0 aliphatic heterocycles. The minimum absolute atomic E-state index is 0.122. The maximum atomic E-state index is 12.8. The van der Waals surface area contributed by atoms with Crippen molar-refractivity contribution in [1.29, 1.82) is 0 Å². The smallest absolute Gasteiger partial charge is 0.261 e. The summed E-state index contributed by atoms with van der Waals surface area (Å²) in [7, 11) is 0. The number of amides is 1. The minimum Gasteiger partial charge on any atom is -0.360 e. The van der Waals surface area contributed by atoms with Crippen molar-refractivity contribution < 1.29 is 4.79 Å². The normalized spacial score (nSPS) is 19.1. The molecule has 29 heavy (non-hydrogen) atoms. The summed E-state index contributed by atoms with van der Waals surface area (Å²) in [6.45, 7) is 6.29. The summed E-state index contributed by atoms with van der Waals surface area (Å²) in [6, 6.07) is 13.3. The highest BCUT2D eigenvalue weighted by Gasteiger charge is 2.23. The van der Waals surface area contributed by atoms with Crippen LogP contribution in [0.15, 0.2) is 66.1 Å². The van der Waals surface area contributed by atoms with E-state index in [1.165, 1.54) is 17.3 Å². The van der Waals surface area contributed by atoms with Crippen molar-refractivity contribution in [2.45, 2.75) is 39.0 Å². The third-order valence-corrected chi connectivity index (χ3v) is 6.15. The van der Waals surface area contributed by atoms with Crippen LogP contribution < -0.4 is 10.7 Å². The van der Waals surface area contributed by atoms with Gasteiger partial charge in [0, 0.05) is 22.8 Å². The van der Waals surface area contributed by atoms with E-state index in [9.17, 15) is 9.59 Å². The first-order valence-corrected chi connectivity index (χ1v) is 10.2. The molecule has 2 aromatic carbocycles. The van der Waals surface area contributed by atoms with Crippen LogP contribution in [-0.4, -0.2) is 10.9 Å². The van der Waals surface area contributed by atoms with Gasteiger partial charge in [0.25, 0.3) is 5.91 Å². The number of pyridine rings is 1. The lowest BCUT2D eigenvalue weighted by atomic mass is 9.76. The van der Waals surface area contributed by atoms with E-state index in [1.807, 2.05) is 18.2 Å². The van der Waals surface area contributed by atoms with Crippen molar-refractivity contribution in [2.24, 2.45) is 5.41 Å². The van der Waals surface area contributed by atoms with Crippen molar-refractivity contribution in [3.63, 3.8) is 0 Å². The Morgan fingerprint density at radius 3 is 2.79 bits per heavy atom. The van der Waals surface area contributed by atoms with Crippen LogP contribution in [0.4, 0.5) is 5.69 Å². The van der Waals surface area contributed by atoms with Crippen LogP contribution in [-0.2, 0) is 12.8 Å². The van der Waals surface area contributed by atoms with Gasteiger partial charge in [0.05, 0.1) is 0 Å². The van der Waals surface area contributed by atoms with Crippen LogP contribution in [0.1, 0.15) is 47.7 Å². The molecule has 4 nitrogen and oxygen atoms in total. The molecule has 1 aromatic heterocycles. The summed E-state index contributed by atoms with van der Waals surface area (Å²) in [4.78, 5) is 28.5. The molecule has 0 spiro atoms. The van der Waals surface area contributed by atoms with Gasteiger partial charge in [0.1, 0.15) is 5.56 Å². The summed E-state index contributed by atoms with van der Waals surface area (Å²) < 4.78 is 0. The molecule has 3 aromatic rings. The second kappa shape index (κ2) is 7.70. The molecule has 0 saturated heterocycles. The lowest BCUT2D eigenvalue weighted by molar-refractivity contribution is 0.102. The van der Waals surface area contributed by atoms with E-state index >= 15 is 0 Å². The zero-order valence-corrected chi connectivity index (χ0v) is 16.8. The predicted octanol–water partition coefficient (Wildman–Crippen LogP) is 5.24. The minimum atomic E-state index is -0.387. The highest BCUT2D eigenvalue weighted by Crippen LogP contribution is 2.35. The number of allylic oxidation sites excluding steroid dienone is 1. The Morgan fingerprint density at radius 2 is 1.97 bits per heavy atom. The molecule has 148 valence electrons. The van der Waals surface area contributed by atoms with Crippen LogP contribution >= 0.6 is 0 Å². The fourth-order valence-corrected chi connectivity index (χ4v) is 4.15. The van der Waals surface area contributed by atoms with Crippen LogP contribution in [0.3, 0.4) is 0 Å². The van der Waals surface area contributed by atoms with E-state index in [4.69, 9.17) is 0 Å². The fraction of sp³-hybridized carbons (Fsp3) is 0.280. The van der Waals surface area contributed by atoms with Crippen molar-refractivity contribution in [3.8, 4) is 0 Å². The monoisotopic (exact) mass is 386 g/mol. The first-order valence-electron chi connectivity index (χ1n) is 10.2. The van der Waals surface area contributed by atoms with Gasteiger partial charge in [0.2, 0.25) is 5.43 Å². The molecule has 1 amide bonds. The van der Waals surface area contributed by atoms with Gasteiger partial charge in [0.15, 0.2) is 0 Å². The Bertz CT molecular complexity index is 1150. The number of rotatable bonds is 3. The molecular weight excluding hydrogens is 360 g/mol. The van der Waals surface area contributed by atoms with Gasteiger partial charge < -0.3 is 10.3 Å². The first kappa shape index (κ1) is 19.2. The molecule has 1 aliphatic carbocycles. The highest BCUT2D eigenvalue weighted by atomic mass is 16.2. The number of hydrogen-bond acceptors (Lipinski definition) is 2. The third kappa shape index (κ3) is 3.88. The zero-order valence-electron chi connectivity index (χ0n) is 16.8. The van der Waals surface area contributed by atoms with E-state index in [1.54, 1.807) is 12.1 Å². The van der Waals surface area contributed by atoms with E-state index in [0.717, 1.165) is 43.3 Å². The standard InChI is InChI=1S/C25H26N2O2/c1-3-25(2)13-6-7-18-15-19(11-10-17(18)12-14-25)27-24(29)21-16-26-22-9-5-4-8-20(22)23(21)28/h3-5,8-11,15-16H,1,6-7,12-14H2,2H3,(H,26,28)(H,27,29). The van der Waals surface area contributed by atoms with E-state index in [2.05, 4.69) is 42.0 Å². The van der Waals surface area contributed by atoms with E-state index < -0.39 is 0 Å². The van der Waals surface area contributed by atoms with Crippen molar-refractivity contribution in [2.75, 3.05) is 5.32 Å². The molecule has 1 heterocycles. The van der Waals surface area contributed by atoms with Gasteiger partial charge in [-0.15, -0.1) is 6.58 Å². The van der Waals surface area contributed by atoms with Crippen LogP contribution in [0, 0.1) is 5.41 Å². The Kier molecular flexibility index (Phi) is 5.10. The highest BCUT2D eigenvalue weighted by molar-refractivity contribution is 6.05. The number of carbonyl (C=O) groups is 1. The molecular formula is C25H26N2O2. The molecule has 1 atom stereocenters. The van der Waals surface area contributed by atoms with Gasteiger partial charge in [-0.3, -0.25) is 9.59 Å². The number of aromatic amines is 1. The SMILES string of the molecule is C=CC1(C)CCCc2cc(NC(=O)c3c[nH]c4ccccc4c3=O)ccc2CC1. The summed E-state index contributed by atoms with van der Waals surface area (Å²) >= 11 is 0. The van der Waals surface area contributed by atoms with Gasteiger partial charge >= 0.3 is 0 Å². The van der Waals surface area contributed by atoms with Gasteiger partial charge in [-0.2, -0.15) is 0 Å². The number of carbonyl (C=O) groups excluding carboxylic acids is 1. The van der Waals surface area contributed by atoms with Crippen molar-refractivity contribution >= 4 is 22.5 Å². The average Bonchev–Trinajstić information content (AvgIpc) is 2.72. The van der Waals surface area contributed by atoms with Crippen LogP contribution in [0.2, 0.25) is 0 Å². The van der Waals surface area contributed by atoms with Gasteiger partial charge in [-0.05, 0) is 72.9 Å². The van der Waals surface area contributed by atoms with Gasteiger partial charge in [-0.25, -0.2) is 0 Å². The summed E-state index contributed by atoms with van der Waals surface area (Å²) in [5, 5.41) is 3.42. The summed E-state index contributed by atoms with van der Waals surface area (Å²) in [5.74, 6) is -0.387. The summed E-state index contributed by atoms with van der Waals surface area (Å²) in [5.41, 5.74) is 4.13. The number of H-pyrrole nitrogens is 1. The van der Waals surface area contributed by atoms with Gasteiger partial charge in [-0.1, -0.05) is 31.2 Å². The number of aromatic nitrogens is 1. The van der Waals surface area contributed by atoms with E-state index in [-0.39, 0.29) is 22.3 Å². The second-order valence-corrected chi connectivity index (χ2v) is 8.23. The fourth-order valence-electron chi connectivity index (χ4n) is 4.15. The Balaban J connectivity index is 1.57. The maximum Gasteiger partial charge on any atom is 0.261 e. The number of hydrogen-bond donors (Lipinski definition) is 2. The Labute approximate surface area is 170 Å². The number of aryl methyl sites for hydroxylation is 2. The largest absolute Gasteiger partial charge is 0.360 e. The molecule has 4 rings (SSSR count). The van der Waals surface area contributed by atoms with Crippen molar-refractivity contribution in [3.05, 3.63) is 88.2 Å². The molecule has 1 unspecified atom stereocenters. The first-order chi connectivity index (χ1) is 14.0. The molecule has 0 fully saturated rings. The Hall–Kier alpha value is -3.14. The quantitative estimate of drug-likeness (QED) is 0.605. The number of anilines is 1. The average molecular weight is 386 g/mol. The molecule has 1 aliphatic rings. The molecule has 0 radical (unpaired) electrons. The molecule has 4 heteroatoms.